The second-order valence-corrected chi connectivity index (χ2v) is 7.76. The van der Waals surface area contributed by atoms with Crippen molar-refractivity contribution in [1.29, 1.82) is 0 Å². The van der Waals surface area contributed by atoms with E-state index in [4.69, 9.17) is 0 Å². The summed E-state index contributed by atoms with van der Waals surface area (Å²) in [6, 6.07) is 0. The number of alkyl halides is 1. The van der Waals surface area contributed by atoms with E-state index < -0.39 is 0 Å². The van der Waals surface area contributed by atoms with Gasteiger partial charge in [-0.05, 0) is 0 Å². The standard InChI is InChI=1S/C5H7ISe/c7-5-3-1-2-4-6-5/h1-7H. The first-order chi connectivity index (χ1) is 3.39. The first kappa shape index (κ1) is 5.86. The van der Waals surface area contributed by atoms with E-state index in [2.05, 4.69) is 38.3 Å². The fraction of sp³-hybridized carbons (Fsp3) is 0.200. The van der Waals surface area contributed by atoms with Crippen LogP contribution in [0.1, 0.15) is 0 Å². The predicted octanol–water partition coefficient (Wildman–Crippen LogP) is 1.000. The zero-order chi connectivity index (χ0) is 5.11. The molecular weight excluding hydrogens is 266 g/mol. The fourth-order valence-electron chi connectivity index (χ4n) is 0.376. The molecule has 1 heterocycles. The molecule has 0 aromatic rings. The van der Waals surface area contributed by atoms with Gasteiger partial charge < -0.3 is 0 Å². The number of allylic oxidation sites excluding steroid dienone is 3. The molecule has 2 heteroatoms. The summed E-state index contributed by atoms with van der Waals surface area (Å²) in [7, 11) is 0. The van der Waals surface area contributed by atoms with Crippen LogP contribution in [0, 0.1) is 0 Å². The van der Waals surface area contributed by atoms with E-state index in [1.807, 2.05) is 0 Å². The summed E-state index contributed by atoms with van der Waals surface area (Å²) in [5.41, 5.74) is 0. The molecule has 0 aromatic carbocycles. The third-order valence-electron chi connectivity index (χ3n) is 0.683. The van der Waals surface area contributed by atoms with Gasteiger partial charge in [-0.1, -0.05) is 0 Å². The third kappa shape index (κ3) is 1.98. The summed E-state index contributed by atoms with van der Waals surface area (Å²) in [5.74, 6) is 0. The second-order valence-electron chi connectivity index (χ2n) is 1.24. The predicted molar refractivity (Wildman–Crippen MR) is 44.6 cm³/mol. The van der Waals surface area contributed by atoms with Crippen LogP contribution in [0.4, 0.5) is 0 Å². The minimum atomic E-state index is 0.205. The molecule has 0 amide bonds. The SMILES string of the molecule is [SeH]C1C=CC=C[IH]1. The van der Waals surface area contributed by atoms with Crippen LogP contribution in [0.15, 0.2) is 22.3 Å². The van der Waals surface area contributed by atoms with Crippen molar-refractivity contribution in [3.8, 4) is 0 Å². The van der Waals surface area contributed by atoms with Gasteiger partial charge in [-0.2, -0.15) is 0 Å². The van der Waals surface area contributed by atoms with Crippen molar-refractivity contribution >= 4 is 37.2 Å². The van der Waals surface area contributed by atoms with Gasteiger partial charge >= 0.3 is 62.4 Å². The fourth-order valence-corrected chi connectivity index (χ4v) is 3.07. The summed E-state index contributed by atoms with van der Waals surface area (Å²) in [4.78, 5) is 0. The summed E-state index contributed by atoms with van der Waals surface area (Å²) < 4.78 is 3.15. The maximum absolute atomic E-state index is 2.69. The molecule has 0 fully saturated rings. The van der Waals surface area contributed by atoms with E-state index in [0.29, 0.717) is 0 Å². The Balaban J connectivity index is 2.49. The Morgan fingerprint density at radius 2 is 2.29 bits per heavy atom. The molecule has 1 rings (SSSR count). The van der Waals surface area contributed by atoms with Crippen LogP contribution in [-0.2, 0) is 0 Å². The van der Waals surface area contributed by atoms with Crippen molar-refractivity contribution < 1.29 is 0 Å². The second kappa shape index (κ2) is 2.90. The first-order valence-electron chi connectivity index (χ1n) is 2.06. The van der Waals surface area contributed by atoms with Crippen molar-refractivity contribution in [3.63, 3.8) is 0 Å². The van der Waals surface area contributed by atoms with Crippen LogP contribution in [0.5, 0.6) is 0 Å². The monoisotopic (exact) mass is 274 g/mol. The van der Waals surface area contributed by atoms with Crippen molar-refractivity contribution in [1.82, 2.24) is 0 Å². The molecule has 1 atom stereocenters. The normalized spacial score (nSPS) is 29.6. The molecule has 0 radical (unpaired) electrons. The van der Waals surface area contributed by atoms with Crippen LogP contribution in [0.2, 0.25) is 0 Å². The Labute approximate surface area is 62.1 Å². The zero-order valence-corrected chi connectivity index (χ0v) is 7.95. The Morgan fingerprint density at radius 1 is 1.43 bits per heavy atom. The van der Waals surface area contributed by atoms with Gasteiger partial charge in [0.05, 0.1) is 0 Å². The molecule has 1 aliphatic heterocycles. The van der Waals surface area contributed by atoms with Gasteiger partial charge in [-0.3, -0.25) is 0 Å². The average Bonchev–Trinajstić information content (AvgIpc) is 1.69. The summed E-state index contributed by atoms with van der Waals surface area (Å²) in [5, 5.41) is 0. The Kier molecular flexibility index (Phi) is 2.43. The first-order valence-corrected chi connectivity index (χ1v) is 5.84. The molecule has 0 saturated carbocycles. The van der Waals surface area contributed by atoms with E-state index in [1.165, 1.54) is 0 Å². The van der Waals surface area contributed by atoms with Crippen molar-refractivity contribution in [2.45, 2.75) is 2.82 Å². The van der Waals surface area contributed by atoms with Gasteiger partial charge in [0.2, 0.25) is 0 Å². The molecule has 0 spiro atoms. The van der Waals surface area contributed by atoms with Crippen molar-refractivity contribution in [2.75, 3.05) is 0 Å². The molecule has 7 heavy (non-hydrogen) atoms. The maximum atomic E-state index is 2.69. The zero-order valence-electron chi connectivity index (χ0n) is 3.74. The van der Waals surface area contributed by atoms with Crippen molar-refractivity contribution in [2.24, 2.45) is 0 Å². The summed E-state index contributed by atoms with van der Waals surface area (Å²) in [6.45, 7) is 0. The van der Waals surface area contributed by atoms with Gasteiger partial charge in [0.25, 0.3) is 0 Å². The molecule has 1 unspecified atom stereocenters. The summed E-state index contributed by atoms with van der Waals surface area (Å²) >= 11 is 2.89. The van der Waals surface area contributed by atoms with Crippen LogP contribution in [0.25, 0.3) is 0 Å². The van der Waals surface area contributed by atoms with Gasteiger partial charge in [0, 0.05) is 0 Å². The molecule has 0 nitrogen and oxygen atoms in total. The molecule has 0 aromatic heterocycles. The van der Waals surface area contributed by atoms with E-state index in [9.17, 15) is 0 Å². The molecule has 1 aliphatic rings. The van der Waals surface area contributed by atoms with Gasteiger partial charge in [0.1, 0.15) is 0 Å². The van der Waals surface area contributed by atoms with Crippen LogP contribution in [-0.4, -0.2) is 18.8 Å². The van der Waals surface area contributed by atoms with Gasteiger partial charge in [-0.15, -0.1) is 0 Å². The molecular formula is C5H7ISe. The van der Waals surface area contributed by atoms with Crippen LogP contribution in [0.3, 0.4) is 0 Å². The Morgan fingerprint density at radius 3 is 2.57 bits per heavy atom. The van der Waals surface area contributed by atoms with E-state index in [-0.39, 0.29) is 21.2 Å². The minimum absolute atomic E-state index is 0.205. The number of halogens is 1. The number of hydrogen-bond acceptors (Lipinski definition) is 0. The molecule has 0 bridgehead atoms. The molecule has 0 aliphatic carbocycles. The number of hydrogen-bond donors (Lipinski definition) is 0. The van der Waals surface area contributed by atoms with Crippen molar-refractivity contribution in [3.05, 3.63) is 22.3 Å². The Hall–Kier alpha value is 0.729. The summed E-state index contributed by atoms with van der Waals surface area (Å²) in [6.07, 6.45) is 6.52. The van der Waals surface area contributed by atoms with E-state index in [0.717, 1.165) is 2.82 Å². The Bertz CT molecular complexity index is 107. The van der Waals surface area contributed by atoms with Gasteiger partial charge in [-0.25, -0.2) is 0 Å². The molecule has 0 saturated heterocycles. The van der Waals surface area contributed by atoms with Crippen LogP contribution >= 0.6 is 21.2 Å². The van der Waals surface area contributed by atoms with Gasteiger partial charge in [0.15, 0.2) is 0 Å². The number of rotatable bonds is 0. The third-order valence-corrected chi connectivity index (χ3v) is 4.90. The van der Waals surface area contributed by atoms with E-state index >= 15 is 0 Å². The topological polar surface area (TPSA) is 0 Å². The quantitative estimate of drug-likeness (QED) is 0.351. The van der Waals surface area contributed by atoms with E-state index in [1.54, 1.807) is 0 Å². The van der Waals surface area contributed by atoms with Crippen LogP contribution < -0.4 is 0 Å². The molecule has 0 N–H and O–H groups in total. The average molecular weight is 273 g/mol. The molecule has 40 valence electrons.